The summed E-state index contributed by atoms with van der Waals surface area (Å²) in [6.07, 6.45) is 13.2. The average molecular weight is 457 g/mol. The summed E-state index contributed by atoms with van der Waals surface area (Å²) >= 11 is 0. The number of aliphatic hydroxyl groups excluding tert-OH is 2. The van der Waals surface area contributed by atoms with Crippen LogP contribution >= 0.6 is 0 Å². The van der Waals surface area contributed by atoms with Crippen LogP contribution in [-0.4, -0.2) is 46.9 Å². The summed E-state index contributed by atoms with van der Waals surface area (Å²) in [7, 11) is 0. The van der Waals surface area contributed by atoms with E-state index in [1.807, 2.05) is 0 Å². The van der Waals surface area contributed by atoms with Crippen LogP contribution in [0.5, 0.6) is 0 Å². The summed E-state index contributed by atoms with van der Waals surface area (Å²) in [6, 6.07) is 0. The predicted molar refractivity (Wildman–Crippen MR) is 119 cm³/mol. The molecule has 0 aromatic heterocycles. The molecule has 8 nitrogen and oxygen atoms in total. The van der Waals surface area contributed by atoms with Crippen LogP contribution in [0.15, 0.2) is 11.5 Å². The maximum Gasteiger partial charge on any atom is 0.378 e. The number of rotatable bonds is 18. The Labute approximate surface area is 191 Å². The Morgan fingerprint density at radius 1 is 0.938 bits per heavy atom. The molecule has 0 aliphatic carbocycles. The van der Waals surface area contributed by atoms with Crippen LogP contribution in [0, 0.1) is 0 Å². The number of hydrogen-bond acceptors (Lipinski definition) is 8. The van der Waals surface area contributed by atoms with E-state index in [0.29, 0.717) is 6.42 Å². The highest BCUT2D eigenvalue weighted by atomic mass is 16.6. The Kier molecular flexibility index (Phi) is 14.4. The fourth-order valence-electron chi connectivity index (χ4n) is 3.58. The van der Waals surface area contributed by atoms with E-state index in [9.17, 15) is 24.6 Å². The van der Waals surface area contributed by atoms with Crippen LogP contribution < -0.4 is 0 Å². The molecule has 1 heterocycles. The van der Waals surface area contributed by atoms with Crippen molar-refractivity contribution in [2.45, 2.75) is 116 Å². The van der Waals surface area contributed by atoms with Crippen LogP contribution in [0.2, 0.25) is 0 Å². The number of hydrogen-bond donors (Lipinski definition) is 2. The van der Waals surface area contributed by atoms with Crippen LogP contribution in [-0.2, 0) is 28.6 Å². The van der Waals surface area contributed by atoms with Gasteiger partial charge in [0.2, 0.25) is 0 Å². The molecule has 0 spiro atoms. The maximum absolute atomic E-state index is 11.8. The monoisotopic (exact) mass is 456 g/mol. The molecule has 0 radical (unpaired) electrons. The van der Waals surface area contributed by atoms with Gasteiger partial charge in [-0.2, -0.15) is 0 Å². The molecule has 1 aliphatic heterocycles. The lowest BCUT2D eigenvalue weighted by Gasteiger charge is -2.17. The van der Waals surface area contributed by atoms with Gasteiger partial charge < -0.3 is 24.4 Å². The van der Waals surface area contributed by atoms with E-state index < -0.39 is 48.2 Å². The van der Waals surface area contributed by atoms with E-state index >= 15 is 0 Å². The number of carbonyl (C=O) groups excluding carboxylic acids is 3. The highest BCUT2D eigenvalue weighted by molar-refractivity contribution is 5.92. The number of carbonyl (C=O) groups is 3. The summed E-state index contributed by atoms with van der Waals surface area (Å²) in [5, 5.41) is 19.9. The van der Waals surface area contributed by atoms with Crippen LogP contribution in [0.25, 0.3) is 0 Å². The van der Waals surface area contributed by atoms with Crippen molar-refractivity contribution in [1.29, 1.82) is 0 Å². The van der Waals surface area contributed by atoms with Gasteiger partial charge in [0.05, 0.1) is 0 Å². The molecule has 0 amide bonds. The van der Waals surface area contributed by atoms with Gasteiger partial charge in [-0.05, 0) is 6.42 Å². The second-order valence-electron chi connectivity index (χ2n) is 8.38. The third-order valence-electron chi connectivity index (χ3n) is 5.42. The molecule has 2 N–H and O–H groups in total. The summed E-state index contributed by atoms with van der Waals surface area (Å²) in [4.78, 5) is 34.4. The molecule has 1 aliphatic rings. The van der Waals surface area contributed by atoms with Gasteiger partial charge in [0.15, 0.2) is 11.9 Å². The zero-order valence-electron chi connectivity index (χ0n) is 19.6. The number of ether oxygens (including phenoxy) is 3. The smallest absolute Gasteiger partial charge is 0.378 e. The minimum atomic E-state index is -1.46. The van der Waals surface area contributed by atoms with Crippen molar-refractivity contribution >= 4 is 17.9 Å². The van der Waals surface area contributed by atoms with E-state index in [0.717, 1.165) is 19.8 Å². The van der Waals surface area contributed by atoms with Crippen molar-refractivity contribution < 1.29 is 38.8 Å². The molecular formula is C24H40O8. The Morgan fingerprint density at radius 2 is 1.44 bits per heavy atom. The maximum atomic E-state index is 11.8. The molecule has 1 rings (SSSR count). The second kappa shape index (κ2) is 16.5. The minimum Gasteiger partial charge on any atom is -0.505 e. The van der Waals surface area contributed by atoms with Crippen molar-refractivity contribution in [2.24, 2.45) is 0 Å². The molecule has 0 bridgehead atoms. The molecule has 0 aromatic rings. The molecular weight excluding hydrogens is 416 g/mol. The van der Waals surface area contributed by atoms with Crippen molar-refractivity contribution in [1.82, 2.24) is 0 Å². The van der Waals surface area contributed by atoms with Gasteiger partial charge in [-0.3, -0.25) is 9.59 Å². The van der Waals surface area contributed by atoms with Crippen LogP contribution in [0.3, 0.4) is 0 Å². The first-order valence-electron chi connectivity index (χ1n) is 12.0. The van der Waals surface area contributed by atoms with Gasteiger partial charge in [-0.1, -0.05) is 84.0 Å². The summed E-state index contributed by atoms with van der Waals surface area (Å²) in [5.74, 6) is -3.66. The van der Waals surface area contributed by atoms with Gasteiger partial charge in [-0.15, -0.1) is 0 Å². The molecule has 0 unspecified atom stereocenters. The Hall–Kier alpha value is -2.09. The second-order valence-corrected chi connectivity index (χ2v) is 8.38. The number of esters is 3. The van der Waals surface area contributed by atoms with Gasteiger partial charge in [0.25, 0.3) is 5.76 Å². The zero-order chi connectivity index (χ0) is 23.8. The first kappa shape index (κ1) is 27.9. The quantitative estimate of drug-likeness (QED) is 0.174. The number of aliphatic hydroxyl groups is 2. The predicted octanol–water partition coefficient (Wildman–Crippen LogP) is 4.63. The first-order chi connectivity index (χ1) is 15.4. The fourth-order valence-corrected chi connectivity index (χ4v) is 3.58. The topological polar surface area (TPSA) is 119 Å². The third kappa shape index (κ3) is 11.5. The average Bonchev–Trinajstić information content (AvgIpc) is 3.03. The van der Waals surface area contributed by atoms with E-state index in [-0.39, 0.29) is 6.42 Å². The number of unbranched alkanes of at least 4 members (excludes halogenated alkanes) is 12. The van der Waals surface area contributed by atoms with E-state index in [4.69, 9.17) is 9.47 Å². The molecule has 184 valence electrons. The lowest BCUT2D eigenvalue weighted by molar-refractivity contribution is -0.156. The van der Waals surface area contributed by atoms with Crippen molar-refractivity contribution in [2.75, 3.05) is 6.61 Å². The lowest BCUT2D eigenvalue weighted by Crippen LogP contribution is -2.33. The SMILES string of the molecule is CCCCCCCCCCCCCCCC(=O)OC[C@H](O)[C@H]1OC(=O)C(OC(C)=O)=C1O. The van der Waals surface area contributed by atoms with E-state index in [1.165, 1.54) is 64.2 Å². The van der Waals surface area contributed by atoms with Crippen molar-refractivity contribution in [3.05, 3.63) is 11.5 Å². The number of cyclic esters (lactones) is 1. The highest BCUT2D eigenvalue weighted by Crippen LogP contribution is 2.24. The van der Waals surface area contributed by atoms with Gasteiger partial charge in [0, 0.05) is 13.3 Å². The molecule has 0 aromatic carbocycles. The normalized spacial score (nSPS) is 16.7. The molecule has 8 heteroatoms. The van der Waals surface area contributed by atoms with Gasteiger partial charge in [0.1, 0.15) is 12.7 Å². The van der Waals surface area contributed by atoms with Crippen LogP contribution in [0.4, 0.5) is 0 Å². The van der Waals surface area contributed by atoms with E-state index in [2.05, 4.69) is 11.7 Å². The molecule has 0 saturated carbocycles. The van der Waals surface area contributed by atoms with Crippen molar-refractivity contribution in [3.8, 4) is 0 Å². The highest BCUT2D eigenvalue weighted by Gasteiger charge is 2.41. The summed E-state index contributed by atoms with van der Waals surface area (Å²) < 4.78 is 14.4. The third-order valence-corrected chi connectivity index (χ3v) is 5.42. The minimum absolute atomic E-state index is 0.245. The largest absolute Gasteiger partial charge is 0.505 e. The summed E-state index contributed by atoms with van der Waals surface area (Å²) in [6.45, 7) is 2.86. The van der Waals surface area contributed by atoms with Gasteiger partial charge in [-0.25, -0.2) is 4.79 Å². The standard InChI is InChI=1S/C24H40O8/c1-3-4-5-6-7-8-9-10-11-12-13-14-15-16-20(27)30-17-19(26)22-21(28)23(24(29)32-22)31-18(2)25/h19,22,26,28H,3-17H2,1-2H3/t19-,22+/m0/s1. The molecule has 2 atom stereocenters. The Balaban J connectivity index is 2.04. The van der Waals surface area contributed by atoms with Crippen molar-refractivity contribution in [3.63, 3.8) is 0 Å². The van der Waals surface area contributed by atoms with E-state index in [1.54, 1.807) is 0 Å². The molecule has 0 saturated heterocycles. The molecule has 32 heavy (non-hydrogen) atoms. The Bertz CT molecular complexity index is 613. The lowest BCUT2D eigenvalue weighted by atomic mass is 10.0. The van der Waals surface area contributed by atoms with Crippen LogP contribution in [0.1, 0.15) is 104 Å². The van der Waals surface area contributed by atoms with Gasteiger partial charge >= 0.3 is 17.9 Å². The Morgan fingerprint density at radius 3 is 1.94 bits per heavy atom. The summed E-state index contributed by atoms with van der Waals surface area (Å²) in [5.41, 5.74) is 0. The zero-order valence-corrected chi connectivity index (χ0v) is 19.6. The fraction of sp³-hybridized carbons (Fsp3) is 0.792. The first-order valence-corrected chi connectivity index (χ1v) is 12.0. The molecule has 0 fully saturated rings.